The summed E-state index contributed by atoms with van der Waals surface area (Å²) in [5, 5.41) is 7.95. The Morgan fingerprint density at radius 1 is 1.19 bits per heavy atom. The van der Waals surface area contributed by atoms with Crippen LogP contribution in [0.1, 0.15) is 35.9 Å². The quantitative estimate of drug-likeness (QED) is 0.610. The van der Waals surface area contributed by atoms with Crippen LogP contribution in [0.25, 0.3) is 0 Å². The second kappa shape index (κ2) is 9.74. The molecule has 3 aromatic rings. The van der Waals surface area contributed by atoms with E-state index in [1.165, 1.54) is 0 Å². The van der Waals surface area contributed by atoms with Gasteiger partial charge in [0, 0.05) is 23.0 Å². The fourth-order valence-electron chi connectivity index (χ4n) is 2.59. The molecule has 1 N–H and O–H groups in total. The van der Waals surface area contributed by atoms with Crippen LogP contribution in [0, 0.1) is 6.92 Å². The standard InChI is InChI=1S/C20H22ClN3O2.ClH/c1-13-11-16(21)9-10-17(13)25-19(15-7-5-4-6-8-15)20-23-18(24-26-20)12-14(2)22-3;/h4-11,14,19,22H,12H2,1-3H3;1H. The average Bonchev–Trinajstić information content (AvgIpc) is 3.09. The van der Waals surface area contributed by atoms with E-state index in [-0.39, 0.29) is 18.4 Å². The van der Waals surface area contributed by atoms with E-state index in [0.29, 0.717) is 23.2 Å². The smallest absolute Gasteiger partial charge is 0.272 e. The molecule has 0 aliphatic heterocycles. The van der Waals surface area contributed by atoms with Gasteiger partial charge in [-0.25, -0.2) is 0 Å². The molecule has 5 nitrogen and oxygen atoms in total. The van der Waals surface area contributed by atoms with Crippen molar-refractivity contribution in [3.8, 4) is 5.75 Å². The van der Waals surface area contributed by atoms with Crippen LogP contribution >= 0.6 is 24.0 Å². The molecule has 27 heavy (non-hydrogen) atoms. The number of nitrogens with one attached hydrogen (secondary N) is 1. The number of aromatic nitrogens is 2. The summed E-state index contributed by atoms with van der Waals surface area (Å²) in [4.78, 5) is 4.55. The highest BCUT2D eigenvalue weighted by Crippen LogP contribution is 2.30. The molecular weight excluding hydrogens is 385 g/mol. The zero-order chi connectivity index (χ0) is 18.5. The SMILES string of the molecule is CNC(C)Cc1noc(C(Oc2ccc(Cl)cc2C)c2ccccc2)n1.Cl. The number of benzene rings is 2. The lowest BCUT2D eigenvalue weighted by Crippen LogP contribution is -2.24. The number of likely N-dealkylation sites (N-methyl/N-ethyl adjacent to an activating group) is 1. The van der Waals surface area contributed by atoms with Gasteiger partial charge >= 0.3 is 0 Å². The lowest BCUT2D eigenvalue weighted by atomic mass is 10.1. The number of hydrogen-bond donors (Lipinski definition) is 1. The van der Waals surface area contributed by atoms with E-state index in [2.05, 4.69) is 22.4 Å². The van der Waals surface area contributed by atoms with E-state index in [4.69, 9.17) is 20.9 Å². The molecule has 2 unspecified atom stereocenters. The minimum atomic E-state index is -0.484. The van der Waals surface area contributed by atoms with Crippen LogP contribution in [0.4, 0.5) is 0 Å². The molecule has 0 fully saturated rings. The maximum atomic E-state index is 6.25. The number of hydrogen-bond acceptors (Lipinski definition) is 5. The first-order chi connectivity index (χ1) is 12.6. The van der Waals surface area contributed by atoms with Gasteiger partial charge < -0.3 is 14.6 Å². The Bertz CT molecular complexity index is 855. The summed E-state index contributed by atoms with van der Waals surface area (Å²) < 4.78 is 11.8. The summed E-state index contributed by atoms with van der Waals surface area (Å²) in [5.74, 6) is 1.81. The molecular formula is C20H23Cl2N3O2. The lowest BCUT2D eigenvalue weighted by Gasteiger charge is -2.17. The topological polar surface area (TPSA) is 60.2 Å². The maximum absolute atomic E-state index is 6.25. The fraction of sp³-hybridized carbons (Fsp3) is 0.300. The van der Waals surface area contributed by atoms with E-state index in [1.54, 1.807) is 6.07 Å². The lowest BCUT2D eigenvalue weighted by molar-refractivity contribution is 0.192. The molecule has 0 aliphatic rings. The highest BCUT2D eigenvalue weighted by Gasteiger charge is 2.24. The molecule has 7 heteroatoms. The molecule has 0 amide bonds. The van der Waals surface area contributed by atoms with Crippen LogP contribution in [-0.4, -0.2) is 23.2 Å². The average molecular weight is 408 g/mol. The number of halogens is 2. The van der Waals surface area contributed by atoms with Crippen molar-refractivity contribution in [1.29, 1.82) is 0 Å². The number of nitrogens with zero attached hydrogens (tertiary/aromatic N) is 2. The van der Waals surface area contributed by atoms with Gasteiger partial charge in [0.05, 0.1) is 0 Å². The maximum Gasteiger partial charge on any atom is 0.272 e. The molecule has 1 heterocycles. The second-order valence-electron chi connectivity index (χ2n) is 6.26. The van der Waals surface area contributed by atoms with Gasteiger partial charge in [-0.15, -0.1) is 12.4 Å². The molecule has 0 saturated heterocycles. The van der Waals surface area contributed by atoms with Gasteiger partial charge in [-0.2, -0.15) is 4.98 Å². The van der Waals surface area contributed by atoms with Crippen molar-refractivity contribution in [2.24, 2.45) is 0 Å². The van der Waals surface area contributed by atoms with E-state index in [0.717, 1.165) is 16.9 Å². The Hall–Kier alpha value is -2.08. The van der Waals surface area contributed by atoms with Crippen molar-refractivity contribution in [3.63, 3.8) is 0 Å². The molecule has 0 spiro atoms. The third kappa shape index (κ3) is 5.45. The second-order valence-corrected chi connectivity index (χ2v) is 6.70. The molecule has 0 saturated carbocycles. The summed E-state index contributed by atoms with van der Waals surface area (Å²) in [6.45, 7) is 4.02. The van der Waals surface area contributed by atoms with Crippen molar-refractivity contribution in [3.05, 3.63) is 76.4 Å². The summed E-state index contributed by atoms with van der Waals surface area (Å²) in [6, 6.07) is 15.6. The van der Waals surface area contributed by atoms with Crippen LogP contribution in [0.15, 0.2) is 53.1 Å². The predicted molar refractivity (Wildman–Crippen MR) is 109 cm³/mol. The van der Waals surface area contributed by atoms with Gasteiger partial charge in [-0.05, 0) is 44.7 Å². The zero-order valence-corrected chi connectivity index (χ0v) is 17.1. The number of rotatable bonds is 7. The van der Waals surface area contributed by atoms with Gasteiger partial charge in [-0.1, -0.05) is 47.1 Å². The van der Waals surface area contributed by atoms with Crippen molar-refractivity contribution in [1.82, 2.24) is 15.5 Å². The highest BCUT2D eigenvalue weighted by atomic mass is 35.5. The van der Waals surface area contributed by atoms with Crippen molar-refractivity contribution >= 4 is 24.0 Å². The minimum Gasteiger partial charge on any atom is -0.476 e. The van der Waals surface area contributed by atoms with Crippen LogP contribution in [0.3, 0.4) is 0 Å². The Labute approximate surface area is 170 Å². The molecule has 0 bridgehead atoms. The summed E-state index contributed by atoms with van der Waals surface area (Å²) in [5.41, 5.74) is 1.89. The fourth-order valence-corrected chi connectivity index (χ4v) is 2.82. The molecule has 0 radical (unpaired) electrons. The Morgan fingerprint density at radius 3 is 2.59 bits per heavy atom. The first-order valence-electron chi connectivity index (χ1n) is 8.54. The predicted octanol–water partition coefficient (Wildman–Crippen LogP) is 4.77. The van der Waals surface area contributed by atoms with Gasteiger partial charge in [0.2, 0.25) is 6.10 Å². The summed E-state index contributed by atoms with van der Waals surface area (Å²) in [7, 11) is 1.91. The van der Waals surface area contributed by atoms with E-state index >= 15 is 0 Å². The monoisotopic (exact) mass is 407 g/mol. The van der Waals surface area contributed by atoms with Gasteiger partial charge in [0.1, 0.15) is 5.75 Å². The Balaban J connectivity index is 0.00000261. The van der Waals surface area contributed by atoms with Crippen molar-refractivity contribution in [2.75, 3.05) is 7.05 Å². The first-order valence-corrected chi connectivity index (χ1v) is 8.92. The van der Waals surface area contributed by atoms with E-state index in [9.17, 15) is 0 Å². The molecule has 144 valence electrons. The summed E-state index contributed by atoms with van der Waals surface area (Å²) in [6.07, 6.45) is 0.198. The molecule has 0 aliphatic carbocycles. The zero-order valence-electron chi connectivity index (χ0n) is 15.5. The normalized spacial score (nSPS) is 12.9. The Kier molecular flexibility index (Phi) is 7.66. The van der Waals surface area contributed by atoms with Gasteiger partial charge in [-0.3, -0.25) is 0 Å². The van der Waals surface area contributed by atoms with Crippen molar-refractivity contribution < 1.29 is 9.26 Å². The third-order valence-electron chi connectivity index (χ3n) is 4.17. The summed E-state index contributed by atoms with van der Waals surface area (Å²) >= 11 is 6.05. The number of aryl methyl sites for hydroxylation is 1. The largest absolute Gasteiger partial charge is 0.476 e. The van der Waals surface area contributed by atoms with Crippen molar-refractivity contribution in [2.45, 2.75) is 32.4 Å². The van der Waals surface area contributed by atoms with Crippen LogP contribution in [0.2, 0.25) is 5.02 Å². The highest BCUT2D eigenvalue weighted by molar-refractivity contribution is 6.30. The Morgan fingerprint density at radius 2 is 1.93 bits per heavy atom. The van der Waals surface area contributed by atoms with Crippen LogP contribution < -0.4 is 10.1 Å². The minimum absolute atomic E-state index is 0. The molecule has 2 atom stereocenters. The molecule has 2 aromatic carbocycles. The van der Waals surface area contributed by atoms with Crippen LogP contribution in [-0.2, 0) is 6.42 Å². The van der Waals surface area contributed by atoms with Gasteiger partial charge in [0.25, 0.3) is 5.89 Å². The van der Waals surface area contributed by atoms with E-state index < -0.39 is 6.10 Å². The number of ether oxygens (including phenoxy) is 1. The first kappa shape index (κ1) is 21.2. The van der Waals surface area contributed by atoms with E-state index in [1.807, 2.05) is 56.4 Å². The third-order valence-corrected chi connectivity index (χ3v) is 4.41. The molecule has 3 rings (SSSR count). The van der Waals surface area contributed by atoms with Crippen LogP contribution in [0.5, 0.6) is 5.75 Å². The molecule has 1 aromatic heterocycles. The van der Waals surface area contributed by atoms with Gasteiger partial charge in [0.15, 0.2) is 5.82 Å².